The lowest BCUT2D eigenvalue weighted by molar-refractivity contribution is 0.0745. The predicted molar refractivity (Wildman–Crippen MR) is 126 cm³/mol. The number of halogens is 1. The molecule has 1 aliphatic rings. The third-order valence-corrected chi connectivity index (χ3v) is 7.17. The molecule has 3 aromatic rings. The second-order valence-electron chi connectivity index (χ2n) is 8.25. The summed E-state index contributed by atoms with van der Waals surface area (Å²) in [6.07, 6.45) is 3.16. The van der Waals surface area contributed by atoms with Crippen LogP contribution in [-0.4, -0.2) is 28.9 Å². The number of rotatable bonds is 7. The van der Waals surface area contributed by atoms with Gasteiger partial charge in [-0.1, -0.05) is 48.0 Å². The fourth-order valence-corrected chi connectivity index (χ4v) is 4.78. The molecule has 30 heavy (non-hydrogen) atoms. The van der Waals surface area contributed by atoms with E-state index in [-0.39, 0.29) is 5.91 Å². The van der Waals surface area contributed by atoms with Crippen LogP contribution in [0.25, 0.3) is 10.4 Å². The summed E-state index contributed by atoms with van der Waals surface area (Å²) in [5.74, 6) is 0.650. The van der Waals surface area contributed by atoms with Crippen molar-refractivity contribution in [2.75, 3.05) is 13.1 Å². The number of carbonyl (C=O) groups excluding carboxylic acids is 1. The van der Waals surface area contributed by atoms with Gasteiger partial charge < -0.3 is 4.90 Å². The Morgan fingerprint density at radius 3 is 2.60 bits per heavy atom. The average Bonchev–Trinajstić information content (AvgIpc) is 3.46. The minimum absolute atomic E-state index is 0.0338. The van der Waals surface area contributed by atoms with Gasteiger partial charge in [-0.15, -0.1) is 11.3 Å². The first-order valence-electron chi connectivity index (χ1n) is 10.5. The normalized spacial score (nSPS) is 13.5. The summed E-state index contributed by atoms with van der Waals surface area (Å²) in [4.78, 5) is 21.2. The zero-order valence-corrected chi connectivity index (χ0v) is 19.3. The summed E-state index contributed by atoms with van der Waals surface area (Å²) in [5.41, 5.74) is 5.22. The summed E-state index contributed by atoms with van der Waals surface area (Å²) in [6.45, 7) is 7.64. The van der Waals surface area contributed by atoms with Crippen molar-refractivity contribution in [2.24, 2.45) is 5.92 Å². The summed E-state index contributed by atoms with van der Waals surface area (Å²) < 4.78 is 0. The molecule has 0 saturated heterocycles. The smallest absolute Gasteiger partial charge is 0.274 e. The Morgan fingerprint density at radius 1 is 1.13 bits per heavy atom. The van der Waals surface area contributed by atoms with Crippen LogP contribution in [0.3, 0.4) is 0 Å². The zero-order chi connectivity index (χ0) is 21.3. The Labute approximate surface area is 187 Å². The molecule has 0 radical (unpaired) electrons. The van der Waals surface area contributed by atoms with E-state index in [0.29, 0.717) is 18.2 Å². The number of amides is 1. The Hall–Kier alpha value is -2.17. The van der Waals surface area contributed by atoms with Crippen LogP contribution in [0.4, 0.5) is 0 Å². The molecule has 4 rings (SSSR count). The maximum Gasteiger partial charge on any atom is 0.274 e. The van der Waals surface area contributed by atoms with Crippen molar-refractivity contribution >= 4 is 28.8 Å². The zero-order valence-electron chi connectivity index (χ0n) is 17.7. The van der Waals surface area contributed by atoms with Crippen molar-refractivity contribution in [3.8, 4) is 10.4 Å². The molecule has 1 heterocycles. The Morgan fingerprint density at radius 2 is 1.90 bits per heavy atom. The lowest BCUT2D eigenvalue weighted by Gasteiger charge is -2.23. The van der Waals surface area contributed by atoms with E-state index in [2.05, 4.69) is 37.0 Å². The van der Waals surface area contributed by atoms with Gasteiger partial charge in [0.25, 0.3) is 5.91 Å². The molecule has 1 fully saturated rings. The third-order valence-electron chi connectivity index (χ3n) is 5.78. The van der Waals surface area contributed by atoms with Gasteiger partial charge >= 0.3 is 0 Å². The molecule has 0 atom stereocenters. The van der Waals surface area contributed by atoms with Gasteiger partial charge in [0.15, 0.2) is 0 Å². The van der Waals surface area contributed by atoms with Crippen molar-refractivity contribution in [2.45, 2.75) is 40.0 Å². The van der Waals surface area contributed by atoms with E-state index in [1.165, 1.54) is 24.0 Å². The van der Waals surface area contributed by atoms with Gasteiger partial charge in [-0.25, -0.2) is 4.98 Å². The molecule has 5 heteroatoms. The fraction of sp³-hybridized carbons (Fsp3) is 0.360. The first kappa shape index (κ1) is 21.1. The second kappa shape index (κ2) is 8.91. The van der Waals surface area contributed by atoms with Gasteiger partial charge in [-0.3, -0.25) is 4.79 Å². The van der Waals surface area contributed by atoms with Crippen molar-refractivity contribution in [3.63, 3.8) is 0 Å². The third kappa shape index (κ3) is 4.76. The number of hydrogen-bond acceptors (Lipinski definition) is 3. The highest BCUT2D eigenvalue weighted by Crippen LogP contribution is 2.34. The Bertz CT molecular complexity index is 1070. The second-order valence-corrected chi connectivity index (χ2v) is 9.86. The monoisotopic (exact) mass is 438 g/mol. The van der Waals surface area contributed by atoms with Crippen LogP contribution in [0.5, 0.6) is 0 Å². The van der Waals surface area contributed by atoms with Crippen LogP contribution >= 0.6 is 22.9 Å². The minimum atomic E-state index is 0.0338. The van der Waals surface area contributed by atoms with E-state index < -0.39 is 0 Å². The predicted octanol–water partition coefficient (Wildman–Crippen LogP) is 6.48. The molecule has 1 amide bonds. The first-order valence-corrected chi connectivity index (χ1v) is 11.7. The lowest BCUT2D eigenvalue weighted by atomic mass is 10.0. The highest BCUT2D eigenvalue weighted by molar-refractivity contribution is 7.15. The molecule has 1 aliphatic carbocycles. The van der Waals surface area contributed by atoms with E-state index in [0.717, 1.165) is 39.0 Å². The lowest BCUT2D eigenvalue weighted by Crippen LogP contribution is -2.35. The average molecular weight is 439 g/mol. The standard InChI is InChI=1S/C25H27ClN2OS/c1-16-8-11-21(14-17(16)2)24-23(27-18(3)30-24)25(29)28(15-19-9-10-19)13-12-20-6-4-5-7-22(20)26/h4-8,11,14,19H,9-10,12-13,15H2,1-3H3. The van der Waals surface area contributed by atoms with Gasteiger partial charge in [-0.05, 0) is 74.3 Å². The fourth-order valence-electron chi connectivity index (χ4n) is 3.64. The van der Waals surface area contributed by atoms with E-state index in [1.807, 2.05) is 36.1 Å². The molecule has 2 aromatic carbocycles. The Balaban J connectivity index is 1.61. The Kier molecular flexibility index (Phi) is 6.26. The SMILES string of the molecule is Cc1nc(C(=O)N(CCc2ccccc2Cl)CC2CC2)c(-c2ccc(C)c(C)c2)s1. The van der Waals surface area contributed by atoms with Crippen molar-refractivity contribution in [3.05, 3.63) is 74.9 Å². The van der Waals surface area contributed by atoms with E-state index in [4.69, 9.17) is 11.6 Å². The van der Waals surface area contributed by atoms with Crippen LogP contribution in [0.2, 0.25) is 5.02 Å². The highest BCUT2D eigenvalue weighted by Gasteiger charge is 2.30. The van der Waals surface area contributed by atoms with Crippen LogP contribution < -0.4 is 0 Å². The number of thiazole rings is 1. The summed E-state index contributed by atoms with van der Waals surface area (Å²) >= 11 is 7.94. The largest absolute Gasteiger partial charge is 0.337 e. The van der Waals surface area contributed by atoms with Crippen molar-refractivity contribution in [1.82, 2.24) is 9.88 Å². The number of benzene rings is 2. The van der Waals surface area contributed by atoms with Crippen molar-refractivity contribution in [1.29, 1.82) is 0 Å². The van der Waals surface area contributed by atoms with E-state index >= 15 is 0 Å². The topological polar surface area (TPSA) is 33.2 Å². The molecule has 156 valence electrons. The van der Waals surface area contributed by atoms with Crippen LogP contribution in [0, 0.1) is 26.7 Å². The quantitative estimate of drug-likeness (QED) is 0.422. The summed E-state index contributed by atoms with van der Waals surface area (Å²) in [6, 6.07) is 14.3. The molecule has 0 spiro atoms. The van der Waals surface area contributed by atoms with Gasteiger partial charge in [0.05, 0.1) is 9.88 Å². The molecule has 0 N–H and O–H groups in total. The molecule has 0 bridgehead atoms. The van der Waals surface area contributed by atoms with E-state index in [9.17, 15) is 4.79 Å². The number of aryl methyl sites for hydroxylation is 3. The molecule has 1 aromatic heterocycles. The molecule has 0 unspecified atom stereocenters. The van der Waals surface area contributed by atoms with Gasteiger partial charge in [0.2, 0.25) is 0 Å². The molecular weight excluding hydrogens is 412 g/mol. The highest BCUT2D eigenvalue weighted by atomic mass is 35.5. The summed E-state index contributed by atoms with van der Waals surface area (Å²) in [7, 11) is 0. The first-order chi connectivity index (χ1) is 14.4. The molecule has 0 aliphatic heterocycles. The minimum Gasteiger partial charge on any atom is -0.337 e. The van der Waals surface area contributed by atoms with Crippen LogP contribution in [0.15, 0.2) is 42.5 Å². The van der Waals surface area contributed by atoms with E-state index in [1.54, 1.807) is 11.3 Å². The molecule has 1 saturated carbocycles. The number of nitrogens with zero attached hydrogens (tertiary/aromatic N) is 2. The van der Waals surface area contributed by atoms with Gasteiger partial charge in [0, 0.05) is 18.1 Å². The van der Waals surface area contributed by atoms with Crippen LogP contribution in [0.1, 0.15) is 45.0 Å². The number of hydrogen-bond donors (Lipinski definition) is 0. The maximum atomic E-state index is 13.6. The van der Waals surface area contributed by atoms with Crippen molar-refractivity contribution < 1.29 is 4.79 Å². The van der Waals surface area contributed by atoms with Gasteiger partial charge in [-0.2, -0.15) is 0 Å². The number of carbonyl (C=O) groups is 1. The summed E-state index contributed by atoms with van der Waals surface area (Å²) in [5, 5.41) is 1.68. The van der Waals surface area contributed by atoms with Crippen LogP contribution in [-0.2, 0) is 6.42 Å². The van der Waals surface area contributed by atoms with Gasteiger partial charge in [0.1, 0.15) is 5.69 Å². The molecular formula is C25H27ClN2OS. The molecule has 3 nitrogen and oxygen atoms in total. The maximum absolute atomic E-state index is 13.6. The number of aromatic nitrogens is 1.